The Morgan fingerprint density at radius 1 is 1.03 bits per heavy atom. The van der Waals surface area contributed by atoms with Gasteiger partial charge in [0.05, 0.1) is 22.3 Å². The number of nitrogens with zero attached hydrogens (tertiary/aromatic N) is 2. The molecule has 0 bridgehead atoms. The number of hydrogen-bond acceptors (Lipinski definition) is 5. The number of imide groups is 1. The summed E-state index contributed by atoms with van der Waals surface area (Å²) < 4.78 is 15.5. The highest BCUT2D eigenvalue weighted by molar-refractivity contribution is 7.99. The maximum atomic E-state index is 14.2. The molecule has 33 heavy (non-hydrogen) atoms. The Balaban J connectivity index is 1.59. The fourth-order valence-corrected chi connectivity index (χ4v) is 3.95. The Morgan fingerprint density at radius 3 is 2.52 bits per heavy atom. The molecule has 4 aromatic rings. The number of amides is 3. The minimum absolute atomic E-state index is 0.179. The number of anilines is 1. The molecular formula is C24H19FN4O3S. The second-order valence-electron chi connectivity index (χ2n) is 7.14. The second-order valence-corrected chi connectivity index (χ2v) is 8.09. The first-order valence-corrected chi connectivity index (χ1v) is 11.0. The summed E-state index contributed by atoms with van der Waals surface area (Å²) in [6.45, 7) is 1.63. The highest BCUT2D eigenvalue weighted by atomic mass is 32.2. The SMILES string of the molecule is Cc1ccc(-n2c(SCC(=O)NC(=O)Nc3ccccc3)nc3ccccc3c2=O)cc1F. The number of carbonyl (C=O) groups is 2. The Bertz CT molecular complexity index is 1410. The number of aromatic nitrogens is 2. The molecular weight excluding hydrogens is 443 g/mol. The van der Waals surface area contributed by atoms with Crippen molar-refractivity contribution in [3.8, 4) is 5.69 Å². The summed E-state index contributed by atoms with van der Waals surface area (Å²) in [7, 11) is 0. The molecule has 0 aliphatic heterocycles. The first kappa shape index (κ1) is 22.2. The van der Waals surface area contributed by atoms with Crippen molar-refractivity contribution >= 4 is 40.3 Å². The molecule has 0 aliphatic rings. The Labute approximate surface area is 192 Å². The fourth-order valence-electron chi connectivity index (χ4n) is 3.13. The van der Waals surface area contributed by atoms with E-state index in [0.717, 1.165) is 11.8 Å². The van der Waals surface area contributed by atoms with Gasteiger partial charge in [0.1, 0.15) is 5.82 Å². The van der Waals surface area contributed by atoms with Gasteiger partial charge in [-0.05, 0) is 48.9 Å². The van der Waals surface area contributed by atoms with Crippen molar-refractivity contribution in [3.63, 3.8) is 0 Å². The molecule has 0 saturated carbocycles. The monoisotopic (exact) mass is 462 g/mol. The molecule has 166 valence electrons. The van der Waals surface area contributed by atoms with E-state index in [1.165, 1.54) is 10.6 Å². The van der Waals surface area contributed by atoms with Crippen LogP contribution in [0, 0.1) is 12.7 Å². The van der Waals surface area contributed by atoms with Crippen LogP contribution in [-0.2, 0) is 4.79 Å². The van der Waals surface area contributed by atoms with Gasteiger partial charge in [0, 0.05) is 5.69 Å². The van der Waals surface area contributed by atoms with Crippen LogP contribution in [0.15, 0.2) is 82.7 Å². The molecule has 0 fully saturated rings. The van der Waals surface area contributed by atoms with Crippen molar-refractivity contribution in [1.82, 2.24) is 14.9 Å². The molecule has 0 atom stereocenters. The van der Waals surface area contributed by atoms with E-state index in [0.29, 0.717) is 27.8 Å². The van der Waals surface area contributed by atoms with Crippen LogP contribution in [0.5, 0.6) is 0 Å². The van der Waals surface area contributed by atoms with Crippen molar-refractivity contribution in [2.45, 2.75) is 12.1 Å². The number of fused-ring (bicyclic) bond motifs is 1. The summed E-state index contributed by atoms with van der Waals surface area (Å²) in [5.41, 5.74) is 1.36. The van der Waals surface area contributed by atoms with Gasteiger partial charge in [-0.25, -0.2) is 14.2 Å². The van der Waals surface area contributed by atoms with Crippen LogP contribution in [-0.4, -0.2) is 27.2 Å². The predicted molar refractivity (Wildman–Crippen MR) is 126 cm³/mol. The highest BCUT2D eigenvalue weighted by Crippen LogP contribution is 2.22. The average molecular weight is 463 g/mol. The van der Waals surface area contributed by atoms with Gasteiger partial charge < -0.3 is 5.32 Å². The summed E-state index contributed by atoms with van der Waals surface area (Å²) in [6.07, 6.45) is 0. The van der Waals surface area contributed by atoms with Crippen molar-refractivity contribution < 1.29 is 14.0 Å². The smallest absolute Gasteiger partial charge is 0.308 e. The summed E-state index contributed by atoms with van der Waals surface area (Å²) >= 11 is 0.975. The van der Waals surface area contributed by atoms with Crippen molar-refractivity contribution in [1.29, 1.82) is 0 Å². The van der Waals surface area contributed by atoms with Gasteiger partial charge in [0.15, 0.2) is 5.16 Å². The number of hydrogen-bond donors (Lipinski definition) is 2. The predicted octanol–water partition coefficient (Wildman–Crippen LogP) is 4.27. The molecule has 0 spiro atoms. The highest BCUT2D eigenvalue weighted by Gasteiger charge is 2.16. The van der Waals surface area contributed by atoms with E-state index in [2.05, 4.69) is 15.6 Å². The summed E-state index contributed by atoms with van der Waals surface area (Å²) in [4.78, 5) is 42.1. The molecule has 2 N–H and O–H groups in total. The van der Waals surface area contributed by atoms with E-state index in [-0.39, 0.29) is 16.5 Å². The van der Waals surface area contributed by atoms with Gasteiger partial charge in [-0.2, -0.15) is 0 Å². The zero-order valence-corrected chi connectivity index (χ0v) is 18.4. The quantitative estimate of drug-likeness (QED) is 0.341. The van der Waals surface area contributed by atoms with Crippen molar-refractivity contribution in [3.05, 3.63) is 94.5 Å². The van der Waals surface area contributed by atoms with Gasteiger partial charge >= 0.3 is 6.03 Å². The lowest BCUT2D eigenvalue weighted by atomic mass is 10.2. The normalized spacial score (nSPS) is 10.7. The Morgan fingerprint density at radius 2 is 1.76 bits per heavy atom. The number of aryl methyl sites for hydroxylation is 1. The number of para-hydroxylation sites is 2. The van der Waals surface area contributed by atoms with Gasteiger partial charge in [-0.1, -0.05) is 48.2 Å². The van der Waals surface area contributed by atoms with Crippen LogP contribution >= 0.6 is 11.8 Å². The molecule has 4 rings (SSSR count). The molecule has 0 unspecified atom stereocenters. The molecule has 3 amide bonds. The lowest BCUT2D eigenvalue weighted by molar-refractivity contribution is -0.117. The largest absolute Gasteiger partial charge is 0.325 e. The zero-order chi connectivity index (χ0) is 23.4. The number of halogens is 1. The van der Waals surface area contributed by atoms with Gasteiger partial charge in [0.25, 0.3) is 5.56 Å². The topological polar surface area (TPSA) is 93.1 Å². The van der Waals surface area contributed by atoms with Crippen LogP contribution in [0.4, 0.5) is 14.9 Å². The van der Waals surface area contributed by atoms with Crippen LogP contribution in [0.1, 0.15) is 5.56 Å². The third kappa shape index (κ3) is 5.09. The first-order valence-electron chi connectivity index (χ1n) is 9.99. The summed E-state index contributed by atoms with van der Waals surface area (Å²) in [5, 5.41) is 5.38. The second kappa shape index (κ2) is 9.66. The maximum Gasteiger partial charge on any atom is 0.325 e. The molecule has 7 nitrogen and oxygen atoms in total. The number of urea groups is 1. The number of benzene rings is 3. The van der Waals surface area contributed by atoms with Crippen LogP contribution in [0.2, 0.25) is 0 Å². The molecule has 1 heterocycles. The van der Waals surface area contributed by atoms with Crippen LogP contribution < -0.4 is 16.2 Å². The van der Waals surface area contributed by atoms with E-state index >= 15 is 0 Å². The molecule has 0 aliphatic carbocycles. The fraction of sp³-hybridized carbons (Fsp3) is 0.0833. The van der Waals surface area contributed by atoms with Crippen molar-refractivity contribution in [2.24, 2.45) is 0 Å². The number of nitrogens with one attached hydrogen (secondary N) is 2. The molecule has 1 aromatic heterocycles. The van der Waals surface area contributed by atoms with E-state index in [1.807, 2.05) is 0 Å². The summed E-state index contributed by atoms with van der Waals surface area (Å²) in [6, 6.07) is 19.3. The average Bonchev–Trinajstić information content (AvgIpc) is 2.80. The molecule has 9 heteroatoms. The molecule has 0 saturated heterocycles. The van der Waals surface area contributed by atoms with Gasteiger partial charge in [-0.15, -0.1) is 0 Å². The van der Waals surface area contributed by atoms with E-state index in [1.54, 1.807) is 73.7 Å². The third-order valence-corrected chi connectivity index (χ3v) is 5.71. The summed E-state index contributed by atoms with van der Waals surface area (Å²) in [5.74, 6) is -1.21. The van der Waals surface area contributed by atoms with E-state index < -0.39 is 17.8 Å². The standard InChI is InChI=1S/C24H19FN4O3S/c1-15-11-12-17(13-19(15)25)29-22(31)18-9-5-6-10-20(18)27-24(29)33-14-21(30)28-23(32)26-16-7-3-2-4-8-16/h2-13H,14H2,1H3,(H2,26,28,30,32). The number of carbonyl (C=O) groups excluding carboxylic acids is 2. The first-order chi connectivity index (χ1) is 15.9. The Hall–Kier alpha value is -3.98. The van der Waals surface area contributed by atoms with E-state index in [9.17, 15) is 18.8 Å². The Kier molecular flexibility index (Phi) is 6.50. The van der Waals surface area contributed by atoms with Crippen LogP contribution in [0.25, 0.3) is 16.6 Å². The van der Waals surface area contributed by atoms with Gasteiger partial charge in [0.2, 0.25) is 5.91 Å². The lowest BCUT2D eigenvalue weighted by Crippen LogP contribution is -2.35. The molecule has 0 radical (unpaired) electrons. The number of thioether (sulfide) groups is 1. The van der Waals surface area contributed by atoms with Crippen molar-refractivity contribution in [2.75, 3.05) is 11.1 Å². The number of rotatable bonds is 5. The zero-order valence-electron chi connectivity index (χ0n) is 17.5. The van der Waals surface area contributed by atoms with Gasteiger partial charge in [-0.3, -0.25) is 19.5 Å². The van der Waals surface area contributed by atoms with Crippen LogP contribution in [0.3, 0.4) is 0 Å². The molecule has 3 aromatic carbocycles. The van der Waals surface area contributed by atoms with E-state index in [4.69, 9.17) is 0 Å². The minimum Gasteiger partial charge on any atom is -0.308 e. The lowest BCUT2D eigenvalue weighted by Gasteiger charge is -2.14. The minimum atomic E-state index is -0.670. The maximum absolute atomic E-state index is 14.2. The third-order valence-electron chi connectivity index (χ3n) is 4.78.